The molecular weight excluding hydrogens is 338 g/mol. The van der Waals surface area contributed by atoms with Crippen LogP contribution in [0.3, 0.4) is 0 Å². The van der Waals surface area contributed by atoms with Crippen molar-refractivity contribution >= 4 is 17.3 Å². The number of benzene rings is 2. The van der Waals surface area contributed by atoms with Gasteiger partial charge in [-0.3, -0.25) is 0 Å². The summed E-state index contributed by atoms with van der Waals surface area (Å²) in [6, 6.07) is 15.4. The van der Waals surface area contributed by atoms with Crippen molar-refractivity contribution in [2.45, 2.75) is 12.6 Å². The lowest BCUT2D eigenvalue weighted by atomic mass is 10.00. The van der Waals surface area contributed by atoms with Gasteiger partial charge in [0.2, 0.25) is 0 Å². The highest BCUT2D eigenvalue weighted by Gasteiger charge is 2.29. The maximum absolute atomic E-state index is 6.08. The van der Waals surface area contributed by atoms with E-state index >= 15 is 0 Å². The van der Waals surface area contributed by atoms with Gasteiger partial charge in [-0.05, 0) is 23.8 Å². The van der Waals surface area contributed by atoms with Crippen molar-refractivity contribution in [2.24, 2.45) is 5.16 Å². The first kappa shape index (κ1) is 15.7. The molecule has 1 aliphatic heterocycles. The van der Waals surface area contributed by atoms with Crippen LogP contribution < -0.4 is 4.74 Å². The fourth-order valence-corrected chi connectivity index (χ4v) is 2.96. The summed E-state index contributed by atoms with van der Waals surface area (Å²) in [6.07, 6.45) is 5.38. The molecule has 0 fully saturated rings. The van der Waals surface area contributed by atoms with E-state index in [1.807, 2.05) is 53.2 Å². The minimum Gasteiger partial charge on any atom is -0.490 e. The molecule has 0 aliphatic carbocycles. The van der Waals surface area contributed by atoms with Gasteiger partial charge in [-0.25, -0.2) is 4.98 Å². The highest BCUT2D eigenvalue weighted by molar-refractivity contribution is 6.31. The van der Waals surface area contributed by atoms with Gasteiger partial charge in [0.15, 0.2) is 0 Å². The molecule has 0 saturated carbocycles. The van der Waals surface area contributed by atoms with E-state index in [0.717, 1.165) is 16.8 Å². The molecule has 0 N–H and O–H groups in total. The lowest BCUT2D eigenvalue weighted by Gasteiger charge is -2.27. The number of hydrogen-bond acceptors (Lipinski definition) is 4. The van der Waals surface area contributed by atoms with Crippen molar-refractivity contribution in [2.75, 3.05) is 6.61 Å². The zero-order valence-corrected chi connectivity index (χ0v) is 14.1. The Kier molecular flexibility index (Phi) is 4.39. The van der Waals surface area contributed by atoms with E-state index in [0.29, 0.717) is 24.0 Å². The smallest absolute Gasteiger partial charge is 0.142 e. The molecule has 1 aliphatic rings. The Morgan fingerprint density at radius 2 is 2.12 bits per heavy atom. The molecule has 0 spiro atoms. The second kappa shape index (κ2) is 6.99. The molecule has 2 heterocycles. The van der Waals surface area contributed by atoms with E-state index in [2.05, 4.69) is 10.1 Å². The molecule has 126 valence electrons. The average molecular weight is 354 g/mol. The maximum Gasteiger partial charge on any atom is 0.142 e. The van der Waals surface area contributed by atoms with Crippen LogP contribution in [-0.2, 0) is 11.4 Å². The van der Waals surface area contributed by atoms with Gasteiger partial charge in [-0.2, -0.15) is 0 Å². The third-order valence-corrected chi connectivity index (χ3v) is 4.29. The molecule has 0 radical (unpaired) electrons. The summed E-state index contributed by atoms with van der Waals surface area (Å²) >= 11 is 6.08. The monoisotopic (exact) mass is 353 g/mol. The topological polar surface area (TPSA) is 48.6 Å². The van der Waals surface area contributed by atoms with Gasteiger partial charge in [0, 0.05) is 23.0 Å². The Morgan fingerprint density at radius 1 is 1.24 bits per heavy atom. The van der Waals surface area contributed by atoms with Gasteiger partial charge in [-0.15, -0.1) is 0 Å². The Bertz CT molecular complexity index is 879. The molecule has 3 aromatic rings. The molecule has 6 heteroatoms. The van der Waals surface area contributed by atoms with Crippen molar-refractivity contribution in [1.82, 2.24) is 9.55 Å². The van der Waals surface area contributed by atoms with E-state index < -0.39 is 0 Å². The Balaban J connectivity index is 1.65. The normalized spacial score (nSPS) is 17.8. The standard InChI is InChI=1S/C19H16ClN3O2/c20-15-6-7-16-18(10-15)24-12-17(23-9-8-21-13-23)19(16)22-25-11-14-4-2-1-3-5-14/h1-10,13,17H,11-12H2/b22-19-. The molecular formula is C19H16ClN3O2. The first-order valence-electron chi connectivity index (χ1n) is 7.95. The quantitative estimate of drug-likeness (QED) is 0.664. The van der Waals surface area contributed by atoms with Gasteiger partial charge in [0.05, 0.1) is 6.33 Å². The lowest BCUT2D eigenvalue weighted by Crippen LogP contribution is -2.30. The predicted molar refractivity (Wildman–Crippen MR) is 96.0 cm³/mol. The molecule has 4 rings (SSSR count). The number of nitrogens with zero attached hydrogens (tertiary/aromatic N) is 3. The number of fused-ring (bicyclic) bond motifs is 1. The minimum atomic E-state index is -0.105. The minimum absolute atomic E-state index is 0.105. The van der Waals surface area contributed by atoms with Crippen LogP contribution >= 0.6 is 11.6 Å². The van der Waals surface area contributed by atoms with E-state index in [-0.39, 0.29) is 6.04 Å². The maximum atomic E-state index is 6.08. The van der Waals surface area contributed by atoms with Crippen molar-refractivity contribution in [1.29, 1.82) is 0 Å². The van der Waals surface area contributed by atoms with Gasteiger partial charge >= 0.3 is 0 Å². The second-order valence-corrected chi connectivity index (χ2v) is 6.15. The predicted octanol–water partition coefficient (Wildman–Crippen LogP) is 4.09. The number of imidazole rings is 1. The summed E-state index contributed by atoms with van der Waals surface area (Å²) in [5.41, 5.74) is 2.74. The summed E-state index contributed by atoms with van der Waals surface area (Å²) in [5, 5.41) is 5.06. The molecule has 25 heavy (non-hydrogen) atoms. The van der Waals surface area contributed by atoms with E-state index in [1.54, 1.807) is 18.6 Å². The van der Waals surface area contributed by atoms with Gasteiger partial charge in [0.1, 0.15) is 30.7 Å². The summed E-state index contributed by atoms with van der Waals surface area (Å²) < 4.78 is 7.83. The van der Waals surface area contributed by atoms with Crippen LogP contribution in [0.5, 0.6) is 5.75 Å². The second-order valence-electron chi connectivity index (χ2n) is 5.71. The fourth-order valence-electron chi connectivity index (χ4n) is 2.80. The third-order valence-electron chi connectivity index (χ3n) is 4.05. The van der Waals surface area contributed by atoms with E-state index in [4.69, 9.17) is 21.2 Å². The largest absolute Gasteiger partial charge is 0.490 e. The highest BCUT2D eigenvalue weighted by atomic mass is 35.5. The highest BCUT2D eigenvalue weighted by Crippen LogP contribution is 2.32. The van der Waals surface area contributed by atoms with Crippen LogP contribution in [-0.4, -0.2) is 21.9 Å². The first-order chi connectivity index (χ1) is 12.3. The van der Waals surface area contributed by atoms with Gasteiger partial charge in [-0.1, -0.05) is 47.1 Å². The van der Waals surface area contributed by atoms with Crippen LogP contribution in [0.1, 0.15) is 17.2 Å². The Hall–Kier alpha value is -2.79. The molecule has 2 aromatic carbocycles. The molecule has 0 saturated heterocycles. The number of rotatable bonds is 4. The van der Waals surface area contributed by atoms with Crippen molar-refractivity contribution in [3.8, 4) is 5.75 Å². The number of oxime groups is 1. The molecule has 1 unspecified atom stereocenters. The third kappa shape index (κ3) is 3.37. The van der Waals surface area contributed by atoms with Crippen LogP contribution in [0, 0.1) is 0 Å². The van der Waals surface area contributed by atoms with Crippen LogP contribution in [0.25, 0.3) is 0 Å². The van der Waals surface area contributed by atoms with E-state index in [1.165, 1.54) is 0 Å². The molecule has 1 atom stereocenters. The van der Waals surface area contributed by atoms with Gasteiger partial charge < -0.3 is 14.1 Å². The molecule has 0 bridgehead atoms. The summed E-state index contributed by atoms with van der Waals surface area (Å²) in [4.78, 5) is 9.76. The zero-order valence-electron chi connectivity index (χ0n) is 13.4. The van der Waals surface area contributed by atoms with Crippen molar-refractivity contribution in [3.63, 3.8) is 0 Å². The van der Waals surface area contributed by atoms with Gasteiger partial charge in [0.25, 0.3) is 0 Å². The fraction of sp³-hybridized carbons (Fsp3) is 0.158. The van der Waals surface area contributed by atoms with Crippen molar-refractivity contribution < 1.29 is 9.57 Å². The van der Waals surface area contributed by atoms with Crippen LogP contribution in [0.15, 0.2) is 72.4 Å². The first-order valence-corrected chi connectivity index (χ1v) is 8.33. The average Bonchev–Trinajstić information content (AvgIpc) is 3.17. The summed E-state index contributed by atoms with van der Waals surface area (Å²) in [5.74, 6) is 0.714. The summed E-state index contributed by atoms with van der Waals surface area (Å²) in [7, 11) is 0. The lowest BCUT2D eigenvalue weighted by molar-refractivity contribution is 0.127. The van der Waals surface area contributed by atoms with Crippen LogP contribution in [0.2, 0.25) is 5.02 Å². The zero-order chi connectivity index (χ0) is 17.1. The number of aromatic nitrogens is 2. The van der Waals surface area contributed by atoms with Crippen LogP contribution in [0.4, 0.5) is 0 Å². The Labute approximate surface area is 150 Å². The molecule has 0 amide bonds. The summed E-state index contributed by atoms with van der Waals surface area (Å²) in [6.45, 7) is 0.849. The molecule has 1 aromatic heterocycles. The Morgan fingerprint density at radius 3 is 2.92 bits per heavy atom. The number of ether oxygens (including phenoxy) is 1. The van der Waals surface area contributed by atoms with E-state index in [9.17, 15) is 0 Å². The van der Waals surface area contributed by atoms with Crippen molar-refractivity contribution in [3.05, 3.63) is 83.4 Å². The SMILES string of the molecule is Clc1ccc2c(c1)OCC(n1ccnc1)/C2=N\OCc1ccccc1. The molecule has 5 nitrogen and oxygen atoms in total. The number of hydrogen-bond donors (Lipinski definition) is 0. The number of halogens is 1.